The molecule has 1 rings (SSSR count). The molecule has 15 heavy (non-hydrogen) atoms. The minimum absolute atomic E-state index is 0.0225. The van der Waals surface area contributed by atoms with Crippen molar-refractivity contribution in [3.05, 3.63) is 23.8 Å². The Morgan fingerprint density at radius 1 is 1.13 bits per heavy atom. The van der Waals surface area contributed by atoms with Crippen LogP contribution >= 0.6 is 0 Å². The van der Waals surface area contributed by atoms with Crippen molar-refractivity contribution < 1.29 is 15.3 Å². The van der Waals surface area contributed by atoms with Crippen molar-refractivity contribution in [1.82, 2.24) is 0 Å². The van der Waals surface area contributed by atoms with Gasteiger partial charge in [-0.25, -0.2) is 0 Å². The molecule has 1 aromatic carbocycles. The van der Waals surface area contributed by atoms with Gasteiger partial charge in [0.05, 0.1) is 13.2 Å². The average Bonchev–Trinajstić information content (AvgIpc) is 2.22. The van der Waals surface area contributed by atoms with E-state index in [1.807, 2.05) is 24.0 Å². The van der Waals surface area contributed by atoms with Crippen LogP contribution in [-0.4, -0.2) is 41.6 Å². The summed E-state index contributed by atoms with van der Waals surface area (Å²) in [7, 11) is 0. The second-order valence-corrected chi connectivity index (χ2v) is 3.41. The number of hydrogen-bond acceptors (Lipinski definition) is 4. The molecule has 3 N–H and O–H groups in total. The van der Waals surface area contributed by atoms with Crippen molar-refractivity contribution >= 4 is 5.69 Å². The van der Waals surface area contributed by atoms with Crippen molar-refractivity contribution in [2.24, 2.45) is 0 Å². The fourth-order valence-corrected chi connectivity index (χ4v) is 1.41. The summed E-state index contributed by atoms with van der Waals surface area (Å²) in [6, 6.07) is 5.31. The van der Waals surface area contributed by atoms with Crippen LogP contribution in [0, 0.1) is 6.92 Å². The fraction of sp³-hybridized carbons (Fsp3) is 0.455. The van der Waals surface area contributed by atoms with E-state index in [1.165, 1.54) is 0 Å². The van der Waals surface area contributed by atoms with Gasteiger partial charge in [-0.15, -0.1) is 0 Å². The Kier molecular flexibility index (Phi) is 4.39. The van der Waals surface area contributed by atoms with E-state index in [4.69, 9.17) is 10.2 Å². The molecule has 0 unspecified atom stereocenters. The Labute approximate surface area is 89.4 Å². The van der Waals surface area contributed by atoms with Crippen molar-refractivity contribution in [2.75, 3.05) is 31.2 Å². The molecule has 0 amide bonds. The Hall–Kier alpha value is -1.26. The van der Waals surface area contributed by atoms with Gasteiger partial charge in [-0.3, -0.25) is 0 Å². The number of anilines is 1. The first-order valence-electron chi connectivity index (χ1n) is 4.95. The highest BCUT2D eigenvalue weighted by Crippen LogP contribution is 2.23. The number of phenols is 1. The normalized spacial score (nSPS) is 10.3. The Balaban J connectivity index is 2.85. The molecule has 0 spiro atoms. The van der Waals surface area contributed by atoms with Gasteiger partial charge in [0.1, 0.15) is 5.75 Å². The number of aliphatic hydroxyl groups is 2. The summed E-state index contributed by atoms with van der Waals surface area (Å²) < 4.78 is 0. The summed E-state index contributed by atoms with van der Waals surface area (Å²) in [5.41, 5.74) is 1.62. The van der Waals surface area contributed by atoms with E-state index < -0.39 is 0 Å². The highest BCUT2D eigenvalue weighted by Gasteiger charge is 2.06. The third kappa shape index (κ3) is 3.11. The number of aryl methyl sites for hydroxylation is 1. The topological polar surface area (TPSA) is 63.9 Å². The van der Waals surface area contributed by atoms with E-state index in [2.05, 4.69) is 0 Å². The molecule has 0 bridgehead atoms. The number of rotatable bonds is 5. The number of nitrogens with zero attached hydrogens (tertiary/aromatic N) is 1. The quantitative estimate of drug-likeness (QED) is 0.663. The minimum Gasteiger partial charge on any atom is -0.508 e. The van der Waals surface area contributed by atoms with E-state index in [0.717, 1.165) is 11.3 Å². The van der Waals surface area contributed by atoms with Gasteiger partial charge in [0.2, 0.25) is 0 Å². The smallest absolute Gasteiger partial charge is 0.120 e. The van der Waals surface area contributed by atoms with E-state index in [0.29, 0.717) is 13.1 Å². The molecule has 0 aliphatic rings. The zero-order chi connectivity index (χ0) is 11.3. The standard InChI is InChI=1S/C11H17NO3/c1-9-2-3-10(8-11(9)15)12(4-6-13)5-7-14/h2-3,8,13-15H,4-7H2,1H3. The Bertz CT molecular complexity index is 309. The number of hydrogen-bond donors (Lipinski definition) is 3. The monoisotopic (exact) mass is 211 g/mol. The van der Waals surface area contributed by atoms with Gasteiger partial charge in [-0.1, -0.05) is 6.07 Å². The summed E-state index contributed by atoms with van der Waals surface area (Å²) in [5, 5.41) is 27.3. The van der Waals surface area contributed by atoms with Crippen molar-refractivity contribution in [3.8, 4) is 5.75 Å². The molecule has 0 saturated carbocycles. The zero-order valence-electron chi connectivity index (χ0n) is 8.85. The van der Waals surface area contributed by atoms with Gasteiger partial charge in [0.15, 0.2) is 0 Å². The second kappa shape index (κ2) is 5.58. The zero-order valence-corrected chi connectivity index (χ0v) is 8.85. The van der Waals surface area contributed by atoms with Crippen LogP contribution < -0.4 is 4.90 Å². The number of phenolic OH excluding ortho intramolecular Hbond substituents is 1. The average molecular weight is 211 g/mol. The number of aromatic hydroxyl groups is 1. The van der Waals surface area contributed by atoms with Crippen LogP contribution in [0.5, 0.6) is 5.75 Å². The van der Waals surface area contributed by atoms with Gasteiger partial charge in [-0.2, -0.15) is 0 Å². The SMILES string of the molecule is Cc1ccc(N(CCO)CCO)cc1O. The lowest BCUT2D eigenvalue weighted by molar-refractivity contribution is 0.281. The summed E-state index contributed by atoms with van der Waals surface area (Å²) in [5.74, 6) is 0.230. The van der Waals surface area contributed by atoms with Crippen LogP contribution in [0.3, 0.4) is 0 Å². The van der Waals surface area contributed by atoms with Crippen LogP contribution in [0.1, 0.15) is 5.56 Å². The van der Waals surface area contributed by atoms with Gasteiger partial charge in [-0.05, 0) is 18.6 Å². The first kappa shape index (κ1) is 11.8. The third-order valence-corrected chi connectivity index (χ3v) is 2.30. The highest BCUT2D eigenvalue weighted by molar-refractivity contribution is 5.53. The van der Waals surface area contributed by atoms with Crippen LogP contribution in [-0.2, 0) is 0 Å². The molecular formula is C11H17NO3. The van der Waals surface area contributed by atoms with Gasteiger partial charge >= 0.3 is 0 Å². The van der Waals surface area contributed by atoms with E-state index in [9.17, 15) is 5.11 Å². The molecule has 4 heteroatoms. The molecule has 0 aromatic heterocycles. The van der Waals surface area contributed by atoms with E-state index in [-0.39, 0.29) is 19.0 Å². The predicted octanol–water partition coefficient (Wildman–Crippen LogP) is 0.492. The summed E-state index contributed by atoms with van der Waals surface area (Å²) in [6.07, 6.45) is 0. The lowest BCUT2D eigenvalue weighted by Crippen LogP contribution is -2.29. The van der Waals surface area contributed by atoms with Gasteiger partial charge in [0, 0.05) is 24.8 Å². The Morgan fingerprint density at radius 3 is 2.20 bits per heavy atom. The van der Waals surface area contributed by atoms with E-state index >= 15 is 0 Å². The molecule has 0 radical (unpaired) electrons. The predicted molar refractivity (Wildman–Crippen MR) is 59.2 cm³/mol. The van der Waals surface area contributed by atoms with Crippen molar-refractivity contribution in [3.63, 3.8) is 0 Å². The first-order valence-corrected chi connectivity index (χ1v) is 4.95. The molecule has 1 aromatic rings. The van der Waals surface area contributed by atoms with Gasteiger partial charge in [0.25, 0.3) is 0 Å². The Morgan fingerprint density at radius 2 is 1.73 bits per heavy atom. The maximum absolute atomic E-state index is 9.53. The molecule has 0 atom stereocenters. The van der Waals surface area contributed by atoms with E-state index in [1.54, 1.807) is 6.07 Å². The molecule has 0 aliphatic heterocycles. The van der Waals surface area contributed by atoms with Crippen LogP contribution in [0.2, 0.25) is 0 Å². The molecular weight excluding hydrogens is 194 g/mol. The molecule has 4 nitrogen and oxygen atoms in total. The largest absolute Gasteiger partial charge is 0.508 e. The lowest BCUT2D eigenvalue weighted by atomic mass is 10.2. The molecule has 0 fully saturated rings. The molecule has 0 saturated heterocycles. The van der Waals surface area contributed by atoms with Crippen molar-refractivity contribution in [2.45, 2.75) is 6.92 Å². The lowest BCUT2D eigenvalue weighted by Gasteiger charge is -2.23. The number of aliphatic hydroxyl groups excluding tert-OH is 2. The molecule has 84 valence electrons. The summed E-state index contributed by atoms with van der Waals surface area (Å²) in [4.78, 5) is 1.82. The first-order chi connectivity index (χ1) is 7.19. The maximum atomic E-state index is 9.53. The van der Waals surface area contributed by atoms with Crippen LogP contribution in [0.15, 0.2) is 18.2 Å². The minimum atomic E-state index is 0.0225. The highest BCUT2D eigenvalue weighted by atomic mass is 16.3. The van der Waals surface area contributed by atoms with Gasteiger partial charge < -0.3 is 20.2 Å². The summed E-state index contributed by atoms with van der Waals surface area (Å²) >= 11 is 0. The number of benzene rings is 1. The van der Waals surface area contributed by atoms with Crippen LogP contribution in [0.25, 0.3) is 0 Å². The molecule has 0 heterocycles. The second-order valence-electron chi connectivity index (χ2n) is 3.41. The third-order valence-electron chi connectivity index (χ3n) is 2.30. The molecule has 0 aliphatic carbocycles. The fourth-order valence-electron chi connectivity index (χ4n) is 1.41. The maximum Gasteiger partial charge on any atom is 0.120 e. The van der Waals surface area contributed by atoms with Crippen molar-refractivity contribution in [1.29, 1.82) is 0 Å². The summed E-state index contributed by atoms with van der Waals surface area (Å²) in [6.45, 7) is 2.76. The van der Waals surface area contributed by atoms with Crippen LogP contribution in [0.4, 0.5) is 5.69 Å².